The van der Waals surface area contributed by atoms with E-state index in [1.807, 2.05) is 0 Å². The van der Waals surface area contributed by atoms with Gasteiger partial charge in [-0.1, -0.05) is 25.2 Å². The summed E-state index contributed by atoms with van der Waals surface area (Å²) in [5.74, 6) is -2.64. The molecule has 0 spiro atoms. The summed E-state index contributed by atoms with van der Waals surface area (Å²) in [4.78, 5) is 48.4. The van der Waals surface area contributed by atoms with Gasteiger partial charge in [0.2, 0.25) is 0 Å². The van der Waals surface area contributed by atoms with E-state index < -0.39 is 48.6 Å². The third-order valence-corrected chi connectivity index (χ3v) is 5.25. The number of esters is 2. The molecule has 0 fully saturated rings. The highest BCUT2D eigenvalue weighted by atomic mass is 16.6. The number of hydrogen-bond donors (Lipinski definition) is 2. The molecular weight excluding hydrogens is 460 g/mol. The van der Waals surface area contributed by atoms with Crippen LogP contribution in [0, 0.1) is 5.92 Å². The number of fused-ring (bicyclic) bond motifs is 1. The van der Waals surface area contributed by atoms with Crippen LogP contribution in [0.15, 0.2) is 30.4 Å². The van der Waals surface area contributed by atoms with Crippen LogP contribution in [-0.4, -0.2) is 72.4 Å². The Morgan fingerprint density at radius 2 is 1.80 bits per heavy atom. The summed E-state index contributed by atoms with van der Waals surface area (Å²) in [6, 6.07) is 2.82. The van der Waals surface area contributed by atoms with E-state index in [4.69, 9.17) is 14.2 Å². The van der Waals surface area contributed by atoms with Gasteiger partial charge in [-0.3, -0.25) is 9.59 Å². The fourth-order valence-electron chi connectivity index (χ4n) is 3.03. The molecule has 1 aromatic rings. The average Bonchev–Trinajstić information content (AvgIpc) is 2.82. The molecule has 1 aliphatic rings. The maximum absolute atomic E-state index is 13.2. The fourth-order valence-corrected chi connectivity index (χ4v) is 3.03. The number of methoxy groups -OCH3 is 1. The van der Waals surface area contributed by atoms with Gasteiger partial charge in [0.15, 0.2) is 18.2 Å². The summed E-state index contributed by atoms with van der Waals surface area (Å²) in [5, 5.41) is 20.3. The Kier molecular flexibility index (Phi) is 10.2. The van der Waals surface area contributed by atoms with E-state index in [1.54, 1.807) is 13.8 Å². The van der Waals surface area contributed by atoms with Gasteiger partial charge in [-0.25, -0.2) is 9.59 Å². The van der Waals surface area contributed by atoms with Crippen LogP contribution in [0.2, 0.25) is 0 Å². The van der Waals surface area contributed by atoms with Gasteiger partial charge in [0, 0.05) is 12.0 Å². The molecule has 35 heavy (non-hydrogen) atoms. The van der Waals surface area contributed by atoms with Gasteiger partial charge in [-0.15, -0.1) is 0 Å². The normalized spacial score (nSPS) is 23.9. The first kappa shape index (κ1) is 27.7. The zero-order valence-electron chi connectivity index (χ0n) is 20.1. The Bertz CT molecular complexity index is 1010. The Hall–Kier alpha value is -3.50. The average molecular weight is 491 g/mol. The second-order valence-electron chi connectivity index (χ2n) is 8.12. The van der Waals surface area contributed by atoms with Gasteiger partial charge in [-0.05, 0) is 38.0 Å². The Labute approximate surface area is 203 Å². The van der Waals surface area contributed by atoms with E-state index >= 15 is 0 Å². The van der Waals surface area contributed by atoms with Gasteiger partial charge in [0.05, 0.1) is 13.2 Å². The predicted molar refractivity (Wildman–Crippen MR) is 124 cm³/mol. The number of aliphatic hydroxyl groups excluding tert-OH is 2. The molecule has 0 bridgehead atoms. The molecule has 10 heteroatoms. The number of ketones is 2. The molecule has 0 amide bonds. The highest BCUT2D eigenvalue weighted by Crippen LogP contribution is 2.32. The number of Topliss-reactive ketones (excluding diaryl/α,β-unsaturated/α-hetero) is 1. The predicted octanol–water partition coefficient (Wildman–Crippen LogP) is 1.65. The van der Waals surface area contributed by atoms with E-state index in [0.717, 1.165) is 6.08 Å². The van der Waals surface area contributed by atoms with Crippen LogP contribution in [0.5, 0.6) is 11.5 Å². The molecule has 1 heterocycles. The molecule has 0 aromatic heterocycles. The largest absolute Gasteiger partial charge is 0.486 e. The van der Waals surface area contributed by atoms with Crippen LogP contribution in [0.3, 0.4) is 0 Å². The van der Waals surface area contributed by atoms with Gasteiger partial charge in [0.1, 0.15) is 35.9 Å². The van der Waals surface area contributed by atoms with Crippen molar-refractivity contribution < 1.29 is 48.3 Å². The molecule has 190 valence electrons. The molecule has 0 unspecified atom stereocenters. The van der Waals surface area contributed by atoms with E-state index in [2.05, 4.69) is 4.74 Å². The van der Waals surface area contributed by atoms with Crippen molar-refractivity contribution in [1.82, 2.24) is 0 Å². The number of carbonyl (C=O) groups excluding carboxylic acids is 4. The van der Waals surface area contributed by atoms with Crippen LogP contribution < -0.4 is 9.47 Å². The molecule has 1 aromatic carbocycles. The lowest BCUT2D eigenvalue weighted by Gasteiger charge is -2.21. The van der Waals surface area contributed by atoms with Crippen LogP contribution >= 0.6 is 0 Å². The molecular formula is C25H30O10. The van der Waals surface area contributed by atoms with Crippen molar-refractivity contribution >= 4 is 29.6 Å². The summed E-state index contributed by atoms with van der Waals surface area (Å²) in [6.45, 7) is 3.94. The van der Waals surface area contributed by atoms with Gasteiger partial charge in [-0.2, -0.15) is 0 Å². The van der Waals surface area contributed by atoms with Crippen LogP contribution in [0.25, 0.3) is 6.08 Å². The first-order valence-electron chi connectivity index (χ1n) is 11.0. The number of hydrogen-bond acceptors (Lipinski definition) is 10. The lowest BCUT2D eigenvalue weighted by molar-refractivity contribution is -0.143. The van der Waals surface area contributed by atoms with Gasteiger partial charge < -0.3 is 29.2 Å². The SMILES string of the molecule is COC(=O)COc1cc(OCC(C)=O)cc2c1C(=O)O[C@@H](C)[C@H](C)/C=C\C(=O)[C@@H](O)[C@@H](O)CC=C2. The third kappa shape index (κ3) is 8.04. The van der Waals surface area contributed by atoms with E-state index in [1.165, 1.54) is 44.4 Å². The Balaban J connectivity index is 2.60. The van der Waals surface area contributed by atoms with Gasteiger partial charge >= 0.3 is 11.9 Å². The van der Waals surface area contributed by atoms with Crippen molar-refractivity contribution in [3.8, 4) is 11.5 Å². The number of cyclic esters (lactones) is 1. The molecule has 0 radical (unpaired) electrons. The fraction of sp³-hybridized carbons (Fsp3) is 0.440. The lowest BCUT2D eigenvalue weighted by atomic mass is 9.99. The molecule has 0 saturated heterocycles. The summed E-state index contributed by atoms with van der Waals surface area (Å²) < 4.78 is 21.2. The second-order valence-corrected chi connectivity index (χ2v) is 8.12. The van der Waals surface area contributed by atoms with Crippen molar-refractivity contribution in [2.24, 2.45) is 5.92 Å². The summed E-state index contributed by atoms with van der Waals surface area (Å²) in [6.07, 6.45) is 1.72. The Morgan fingerprint density at radius 3 is 2.46 bits per heavy atom. The smallest absolute Gasteiger partial charge is 0.343 e. The van der Waals surface area contributed by atoms with Crippen LogP contribution in [0.4, 0.5) is 0 Å². The maximum Gasteiger partial charge on any atom is 0.343 e. The number of benzene rings is 1. The minimum absolute atomic E-state index is 0.0217. The number of rotatable bonds is 6. The minimum Gasteiger partial charge on any atom is -0.486 e. The van der Waals surface area contributed by atoms with Crippen molar-refractivity contribution in [1.29, 1.82) is 0 Å². The first-order valence-corrected chi connectivity index (χ1v) is 11.0. The quantitative estimate of drug-likeness (QED) is 0.565. The minimum atomic E-state index is -1.63. The van der Waals surface area contributed by atoms with E-state index in [9.17, 15) is 29.4 Å². The molecule has 10 nitrogen and oxygen atoms in total. The topological polar surface area (TPSA) is 146 Å². The monoisotopic (exact) mass is 490 g/mol. The highest BCUT2D eigenvalue weighted by molar-refractivity contribution is 5.97. The molecule has 2 N–H and O–H groups in total. The lowest BCUT2D eigenvalue weighted by Crippen LogP contribution is -2.32. The maximum atomic E-state index is 13.2. The molecule has 1 aliphatic heterocycles. The Morgan fingerprint density at radius 1 is 1.09 bits per heavy atom. The zero-order chi connectivity index (χ0) is 26.1. The molecule has 0 aliphatic carbocycles. The van der Waals surface area contributed by atoms with Crippen LogP contribution in [0.1, 0.15) is 43.1 Å². The highest BCUT2D eigenvalue weighted by Gasteiger charge is 2.26. The summed E-state index contributed by atoms with van der Waals surface area (Å²) in [7, 11) is 1.19. The van der Waals surface area contributed by atoms with E-state index in [0.29, 0.717) is 0 Å². The van der Waals surface area contributed by atoms with Crippen molar-refractivity contribution in [2.45, 2.75) is 45.5 Å². The van der Waals surface area contributed by atoms with Crippen molar-refractivity contribution in [2.75, 3.05) is 20.3 Å². The van der Waals surface area contributed by atoms with Crippen LogP contribution in [-0.2, 0) is 23.9 Å². The zero-order valence-corrected chi connectivity index (χ0v) is 20.1. The van der Waals surface area contributed by atoms with Gasteiger partial charge in [0.25, 0.3) is 0 Å². The number of carbonyl (C=O) groups is 4. The second kappa shape index (κ2) is 12.8. The number of aliphatic hydroxyl groups is 2. The molecule has 0 saturated carbocycles. The first-order chi connectivity index (χ1) is 16.5. The third-order valence-electron chi connectivity index (χ3n) is 5.25. The molecule has 4 atom stereocenters. The van der Waals surface area contributed by atoms with Crippen molar-refractivity contribution in [3.05, 3.63) is 41.5 Å². The van der Waals surface area contributed by atoms with Crippen molar-refractivity contribution in [3.63, 3.8) is 0 Å². The number of ether oxygens (including phenoxy) is 4. The molecule has 2 rings (SSSR count). The standard InChI is InChI=1S/C25H30O10/c1-14-8-9-20(28)24(30)19(27)7-5-6-17-10-18(33-12-15(2)26)11-21(34-13-22(29)32-4)23(17)25(31)35-16(14)3/h5-6,8-11,14,16,19,24,27,30H,7,12-13H2,1-4H3/b6-5?,9-8-/t14-,16+,19+,24+/m1/s1. The summed E-state index contributed by atoms with van der Waals surface area (Å²) in [5.41, 5.74) is 0.225. The summed E-state index contributed by atoms with van der Waals surface area (Å²) >= 11 is 0. The van der Waals surface area contributed by atoms with E-state index in [-0.39, 0.29) is 41.4 Å².